The molecule has 0 aromatic heterocycles. The number of aliphatic hydroxyl groups is 2. The molecule has 0 aliphatic rings. The second-order valence-electron chi connectivity index (χ2n) is 1.53. The van der Waals surface area contributed by atoms with Gasteiger partial charge in [-0.15, -0.1) is 0 Å². The maximum atomic E-state index is 9.63. The van der Waals surface area contributed by atoms with Gasteiger partial charge in [-0.3, -0.25) is 0 Å². The molecule has 0 saturated carbocycles. The Balaban J connectivity index is -0.000000405. The first-order valence-electron chi connectivity index (χ1n) is 2.24. The number of carbonyl (C=O) groups is 2. The van der Waals surface area contributed by atoms with E-state index < -0.39 is 24.1 Å². The molecule has 0 aromatic rings. The minimum Gasteiger partial charge on any atom is -0.547 e. The molecule has 0 fully saturated rings. The Bertz CT molecular complexity index is 144. The van der Waals surface area contributed by atoms with Gasteiger partial charge in [0.2, 0.25) is 0 Å². The molecule has 0 aliphatic carbocycles. The van der Waals surface area contributed by atoms with Gasteiger partial charge in [0.1, 0.15) is 12.2 Å². The summed E-state index contributed by atoms with van der Waals surface area (Å²) >= 11 is 0. The van der Waals surface area contributed by atoms with Gasteiger partial charge in [0.15, 0.2) is 0 Å². The molecule has 8 heteroatoms. The third kappa shape index (κ3) is 6.52. The van der Waals surface area contributed by atoms with Crippen LogP contribution in [0, 0.1) is 0 Å². The van der Waals surface area contributed by atoms with Gasteiger partial charge in [0.05, 0.1) is 11.9 Å². The molecule has 12 heavy (non-hydrogen) atoms. The van der Waals surface area contributed by atoms with E-state index in [1.807, 2.05) is 0 Å². The maximum absolute atomic E-state index is 9.63. The molecule has 2 unspecified atom stereocenters. The van der Waals surface area contributed by atoms with E-state index in [0.717, 1.165) is 0 Å². The molecule has 0 heterocycles. The van der Waals surface area contributed by atoms with Crippen molar-refractivity contribution in [3.63, 3.8) is 0 Å². The summed E-state index contributed by atoms with van der Waals surface area (Å²) in [6, 6.07) is 0. The minimum absolute atomic E-state index is 0. The summed E-state index contributed by atoms with van der Waals surface area (Å²) in [6.45, 7) is 0. The van der Waals surface area contributed by atoms with E-state index in [1.54, 1.807) is 0 Å². The molecule has 0 spiro atoms. The molecule has 6 nitrogen and oxygen atoms in total. The van der Waals surface area contributed by atoms with Crippen LogP contribution in [0.25, 0.3) is 0 Å². The predicted octanol–water partition coefficient (Wildman–Crippen LogP) is -7.79. The summed E-state index contributed by atoms with van der Waals surface area (Å²) < 4.78 is 0. The van der Waals surface area contributed by atoms with E-state index in [-0.39, 0.29) is 68.5 Å². The number of carboxylic acid groups (broad SMARTS) is 2. The van der Waals surface area contributed by atoms with Crippen LogP contribution in [0.5, 0.6) is 0 Å². The molecule has 0 aromatic carbocycles. The second-order valence-corrected chi connectivity index (χ2v) is 1.53. The summed E-state index contributed by atoms with van der Waals surface area (Å²) in [5, 5.41) is 35.7. The molecule has 68 valence electrons. The Hall–Kier alpha value is 1.02. The van der Waals surface area contributed by atoms with Gasteiger partial charge in [-0.05, 0) is 0 Å². The number of hydrogen-bond donors (Lipinski definition) is 2. The van der Waals surface area contributed by atoms with E-state index in [4.69, 9.17) is 10.2 Å². The van der Waals surface area contributed by atoms with E-state index >= 15 is 0 Å². The van der Waals surface area contributed by atoms with Gasteiger partial charge < -0.3 is 30.0 Å². The molecule has 0 radical (unpaired) electrons. The van der Waals surface area contributed by atoms with Gasteiger partial charge in [-0.1, -0.05) is 0 Å². The number of carbonyl (C=O) groups excluding carboxylic acids is 2. The van der Waals surface area contributed by atoms with E-state index in [2.05, 4.69) is 0 Å². The first-order chi connectivity index (χ1) is 4.46. The number of aliphatic hydroxyl groups excluding tert-OH is 2. The molecule has 2 N–H and O–H groups in total. The van der Waals surface area contributed by atoms with Crippen LogP contribution >= 0.6 is 0 Å². The number of aliphatic carboxylic acids is 2. The molecule has 0 bridgehead atoms. The Morgan fingerprint density at radius 2 is 1.17 bits per heavy atom. The van der Waals surface area contributed by atoms with Crippen molar-refractivity contribution in [3.05, 3.63) is 0 Å². The largest absolute Gasteiger partial charge is 1.00 e. The van der Waals surface area contributed by atoms with Gasteiger partial charge >= 0.3 is 68.5 Å². The van der Waals surface area contributed by atoms with Crippen LogP contribution < -0.4 is 61.6 Å². The van der Waals surface area contributed by atoms with Gasteiger partial charge in [-0.25, -0.2) is 0 Å². The third-order valence-electron chi connectivity index (χ3n) is 0.782. The van der Waals surface area contributed by atoms with Crippen LogP contribution in [0.3, 0.4) is 0 Å². The number of carboxylic acids is 2. The first-order valence-corrected chi connectivity index (χ1v) is 2.24. The normalized spacial score (nSPS) is 13.2. The van der Waals surface area contributed by atoms with Gasteiger partial charge in [-0.2, -0.15) is 0 Å². The summed E-state index contributed by atoms with van der Waals surface area (Å²) in [5.74, 6) is -4.12. The van der Waals surface area contributed by atoms with Crippen molar-refractivity contribution in [1.82, 2.24) is 0 Å². The fourth-order valence-corrected chi connectivity index (χ4v) is 0.258. The van der Waals surface area contributed by atoms with Crippen LogP contribution in [-0.2, 0) is 26.7 Å². The second kappa shape index (κ2) is 8.61. The van der Waals surface area contributed by atoms with Crippen LogP contribution in [0.1, 0.15) is 0 Å². The average molecular weight is 251 g/mol. The molecular formula is C4H4CuKO6. The Kier molecular flexibility index (Phi) is 13.4. The van der Waals surface area contributed by atoms with Gasteiger partial charge in [0, 0.05) is 0 Å². The van der Waals surface area contributed by atoms with Crippen LogP contribution in [0.15, 0.2) is 0 Å². The molecule has 0 amide bonds. The van der Waals surface area contributed by atoms with Crippen LogP contribution in [0.2, 0.25) is 0 Å². The Morgan fingerprint density at radius 3 is 1.25 bits per heavy atom. The average Bonchev–Trinajstić information content (AvgIpc) is 1.84. The predicted molar refractivity (Wildman–Crippen MR) is 22.0 cm³/mol. The smallest absolute Gasteiger partial charge is 0.547 e. The maximum Gasteiger partial charge on any atom is 1.00 e. The van der Waals surface area contributed by atoms with Gasteiger partial charge in [0.25, 0.3) is 0 Å². The fourth-order valence-electron chi connectivity index (χ4n) is 0.258. The third-order valence-corrected chi connectivity index (χ3v) is 0.782. The quantitative estimate of drug-likeness (QED) is 0.480. The zero-order valence-corrected chi connectivity index (χ0v) is 10.0. The summed E-state index contributed by atoms with van der Waals surface area (Å²) in [5.41, 5.74) is 0. The van der Waals surface area contributed by atoms with E-state index in [0.29, 0.717) is 0 Å². The summed E-state index contributed by atoms with van der Waals surface area (Å²) in [4.78, 5) is 19.3. The van der Waals surface area contributed by atoms with Crippen molar-refractivity contribution in [3.8, 4) is 0 Å². The zero-order valence-electron chi connectivity index (χ0n) is 5.98. The van der Waals surface area contributed by atoms with Crippen molar-refractivity contribution in [2.45, 2.75) is 12.2 Å². The monoisotopic (exact) mass is 250 g/mol. The SMILES string of the molecule is O=C([O-])C(O)C(O)C(=O)[O-].[Cu+].[K+]. The molecule has 0 aliphatic heterocycles. The number of rotatable bonds is 3. The van der Waals surface area contributed by atoms with Crippen molar-refractivity contribution < 1.29 is 98.5 Å². The Morgan fingerprint density at radius 1 is 1.00 bits per heavy atom. The first kappa shape index (κ1) is 18.7. The van der Waals surface area contributed by atoms with Crippen molar-refractivity contribution in [1.29, 1.82) is 0 Å². The standard InChI is InChI=1S/C4H6O6.Cu.K/c5-1(3(7)8)2(6)4(9)10;;/h1-2,5-6H,(H,7,8)(H,9,10);;/q;2*+1/p-2. The fraction of sp³-hybridized carbons (Fsp3) is 0.500. The van der Waals surface area contributed by atoms with Crippen molar-refractivity contribution in [2.24, 2.45) is 0 Å². The Labute approximate surface area is 121 Å². The number of hydrogen-bond acceptors (Lipinski definition) is 6. The summed E-state index contributed by atoms with van der Waals surface area (Å²) in [6.07, 6.45) is -4.88. The van der Waals surface area contributed by atoms with Crippen LogP contribution in [-0.4, -0.2) is 34.4 Å². The van der Waals surface area contributed by atoms with Crippen molar-refractivity contribution >= 4 is 11.9 Å². The zero-order chi connectivity index (χ0) is 8.31. The van der Waals surface area contributed by atoms with E-state index in [9.17, 15) is 19.8 Å². The minimum atomic E-state index is -2.44. The molecule has 0 saturated heterocycles. The molecular weight excluding hydrogens is 247 g/mol. The molecule has 0 rings (SSSR count). The van der Waals surface area contributed by atoms with Crippen molar-refractivity contribution in [2.75, 3.05) is 0 Å². The topological polar surface area (TPSA) is 121 Å². The van der Waals surface area contributed by atoms with Crippen LogP contribution in [0.4, 0.5) is 0 Å². The molecule has 2 atom stereocenters. The van der Waals surface area contributed by atoms with E-state index in [1.165, 1.54) is 0 Å². The summed E-state index contributed by atoms with van der Waals surface area (Å²) in [7, 11) is 0.